The van der Waals surface area contributed by atoms with Gasteiger partial charge < -0.3 is 4.74 Å². The minimum Gasteiger partial charge on any atom is -0.382 e. The lowest BCUT2D eigenvalue weighted by molar-refractivity contribution is 0.162. The normalized spacial score (nSPS) is 9.00. The summed E-state index contributed by atoms with van der Waals surface area (Å²) in [7, 11) is 0. The second kappa shape index (κ2) is 10.1. The first kappa shape index (κ1) is 15.2. The van der Waals surface area contributed by atoms with E-state index in [4.69, 9.17) is 4.74 Å². The first-order chi connectivity index (χ1) is 8.86. The fourth-order valence-corrected chi connectivity index (χ4v) is 3.12. The highest BCUT2D eigenvalue weighted by molar-refractivity contribution is 6.67. The highest BCUT2D eigenvalue weighted by Crippen LogP contribution is 1.84. The third-order valence-corrected chi connectivity index (χ3v) is 4.26. The van der Waals surface area contributed by atoms with E-state index in [1.165, 1.54) is 7.39 Å². The Morgan fingerprint density at radius 3 is 1.39 bits per heavy atom. The summed E-state index contributed by atoms with van der Waals surface area (Å²) in [5.41, 5.74) is 0. The molecule has 2 aromatic rings. The largest absolute Gasteiger partial charge is 0.450 e. The van der Waals surface area contributed by atoms with Gasteiger partial charge in [0.2, 0.25) is 0 Å². The Hall–Kier alpha value is -0.834. The number of benzene rings is 2. The first-order valence-electron chi connectivity index (χ1n) is 6.52. The van der Waals surface area contributed by atoms with Crippen LogP contribution in [0.4, 0.5) is 0 Å². The van der Waals surface area contributed by atoms with Crippen molar-refractivity contribution in [3.8, 4) is 0 Å². The van der Waals surface area contributed by atoms with Gasteiger partial charge in [0.25, 0.3) is 0 Å². The van der Waals surface area contributed by atoms with Crippen LogP contribution in [0, 0.1) is 0 Å². The van der Waals surface area contributed by atoms with Crippen LogP contribution >= 0.6 is 0 Å². The Morgan fingerprint density at radius 1 is 0.722 bits per heavy atom. The average Bonchev–Trinajstić information content (AvgIpc) is 2.43. The quantitative estimate of drug-likeness (QED) is 0.760. The topological polar surface area (TPSA) is 9.23 Å². The lowest BCUT2D eigenvalue weighted by Crippen LogP contribution is -2.26. The Labute approximate surface area is 120 Å². The predicted octanol–water partition coefficient (Wildman–Crippen LogP) is 2.38. The van der Waals surface area contributed by atoms with Crippen LogP contribution in [0.5, 0.6) is 0 Å². The van der Waals surface area contributed by atoms with Crippen molar-refractivity contribution in [3.63, 3.8) is 0 Å². The molecule has 0 fully saturated rings. The molecule has 2 rings (SSSR count). The lowest BCUT2D eigenvalue weighted by atomic mass is 10.4. The summed E-state index contributed by atoms with van der Waals surface area (Å²) in [5.74, 6) is 0. The maximum atomic E-state index is 4.83. The van der Waals surface area contributed by atoms with Crippen molar-refractivity contribution in [1.82, 2.24) is 0 Å². The molecule has 0 aliphatic rings. The second-order valence-electron chi connectivity index (χ2n) is 3.93. The van der Waals surface area contributed by atoms with E-state index in [9.17, 15) is 0 Å². The molecule has 0 N–H and O–H groups in total. The Kier molecular flexibility index (Phi) is 8.56. The van der Waals surface area contributed by atoms with E-state index < -0.39 is 0 Å². The summed E-state index contributed by atoms with van der Waals surface area (Å²) in [6.07, 6.45) is 0. The van der Waals surface area contributed by atoms with Crippen LogP contribution < -0.4 is 7.39 Å². The fourth-order valence-electron chi connectivity index (χ4n) is 1.63. The molecule has 1 nitrogen and oxygen atoms in total. The van der Waals surface area contributed by atoms with E-state index in [-0.39, 0.29) is 20.4 Å². The van der Waals surface area contributed by atoms with Gasteiger partial charge in [0, 0.05) is 13.2 Å². The summed E-state index contributed by atoms with van der Waals surface area (Å²) in [6.45, 7) is 5.67. The molecule has 92 valence electrons. The molecule has 2 heteroatoms. The van der Waals surface area contributed by atoms with Crippen LogP contribution in [0.1, 0.15) is 13.8 Å². The molecule has 0 spiro atoms. The van der Waals surface area contributed by atoms with Crippen LogP contribution in [0.3, 0.4) is 0 Å². The van der Waals surface area contributed by atoms with Gasteiger partial charge in [0.15, 0.2) is 0 Å². The molecule has 2 aromatic carbocycles. The van der Waals surface area contributed by atoms with Gasteiger partial charge in [0.1, 0.15) is 0 Å². The Morgan fingerprint density at radius 2 is 1.11 bits per heavy atom. The van der Waals surface area contributed by atoms with E-state index in [2.05, 4.69) is 60.7 Å². The Bertz CT molecular complexity index is 360. The van der Waals surface area contributed by atoms with Crippen molar-refractivity contribution in [2.24, 2.45) is 0 Å². The molecule has 0 radical (unpaired) electrons. The smallest absolute Gasteiger partial charge is 0.382 e. The van der Waals surface area contributed by atoms with Crippen LogP contribution in [-0.2, 0) is 4.74 Å². The maximum Gasteiger partial charge on any atom is 0.450 e. The van der Waals surface area contributed by atoms with Gasteiger partial charge in [-0.25, -0.2) is 0 Å². The van der Waals surface area contributed by atoms with Crippen LogP contribution in [0.25, 0.3) is 0 Å². The maximum absolute atomic E-state index is 4.83. The monoisotopic (exact) mass is 252 g/mol. The summed E-state index contributed by atoms with van der Waals surface area (Å²) < 4.78 is 7.85. The average molecular weight is 253 g/mol. The zero-order valence-electron chi connectivity index (χ0n) is 11.3. The molecule has 0 bridgehead atoms. The SMILES string of the molecule is CCOCC.c1cc[c]([Mg][c]2ccccc2)cc1. The third-order valence-electron chi connectivity index (χ3n) is 2.50. The van der Waals surface area contributed by atoms with Gasteiger partial charge in [0.05, 0.1) is 0 Å². The molecule has 0 saturated carbocycles. The van der Waals surface area contributed by atoms with Gasteiger partial charge in [-0.05, 0) is 13.8 Å². The molecular weight excluding hydrogens is 232 g/mol. The molecule has 0 heterocycles. The summed E-state index contributed by atoms with van der Waals surface area (Å²) in [4.78, 5) is 0. The van der Waals surface area contributed by atoms with E-state index in [1.807, 2.05) is 13.8 Å². The second-order valence-corrected chi connectivity index (χ2v) is 5.92. The molecule has 0 saturated heterocycles. The highest BCUT2D eigenvalue weighted by Gasteiger charge is 1.99. The van der Waals surface area contributed by atoms with Gasteiger partial charge in [-0.15, -0.1) is 0 Å². The number of hydrogen-bond donors (Lipinski definition) is 0. The number of ether oxygens (including phenoxy) is 1. The highest BCUT2D eigenvalue weighted by atomic mass is 24.5. The van der Waals surface area contributed by atoms with Crippen LogP contribution in [-0.4, -0.2) is 33.6 Å². The zero-order chi connectivity index (χ0) is 13.1. The molecular formula is C16H20MgO. The van der Waals surface area contributed by atoms with Crippen molar-refractivity contribution in [3.05, 3.63) is 60.7 Å². The summed E-state index contributed by atoms with van der Waals surface area (Å²) >= 11 is -0.234. The molecule has 0 unspecified atom stereocenters. The molecule has 0 amide bonds. The van der Waals surface area contributed by atoms with Crippen molar-refractivity contribution in [2.45, 2.75) is 13.8 Å². The van der Waals surface area contributed by atoms with E-state index in [1.54, 1.807) is 0 Å². The van der Waals surface area contributed by atoms with Crippen LogP contribution in [0.15, 0.2) is 60.7 Å². The molecule has 18 heavy (non-hydrogen) atoms. The first-order valence-corrected chi connectivity index (χ1v) is 7.93. The van der Waals surface area contributed by atoms with E-state index >= 15 is 0 Å². The predicted molar refractivity (Wildman–Crippen MR) is 80.1 cm³/mol. The van der Waals surface area contributed by atoms with Gasteiger partial charge in [-0.2, -0.15) is 7.39 Å². The van der Waals surface area contributed by atoms with Crippen LogP contribution in [0.2, 0.25) is 0 Å². The standard InChI is InChI=1S/2C6H5.C4H10O.Mg/c2*1-2-4-6-5-3-1;1-3-5-4-2;/h2*1-5H;3-4H2,1-2H3;. The number of hydrogen-bond acceptors (Lipinski definition) is 1. The molecule has 0 atom stereocenters. The zero-order valence-corrected chi connectivity index (χ0v) is 12.7. The van der Waals surface area contributed by atoms with E-state index in [0.717, 1.165) is 13.2 Å². The lowest BCUT2D eigenvalue weighted by Gasteiger charge is -1.98. The molecule has 0 aromatic heterocycles. The Balaban J connectivity index is 0.000000280. The molecule has 0 aliphatic carbocycles. The van der Waals surface area contributed by atoms with E-state index in [0.29, 0.717) is 0 Å². The van der Waals surface area contributed by atoms with Gasteiger partial charge in [-0.1, -0.05) is 60.7 Å². The molecule has 0 aliphatic heterocycles. The minimum absolute atomic E-state index is 0.234. The van der Waals surface area contributed by atoms with Crippen molar-refractivity contribution < 1.29 is 4.74 Å². The fraction of sp³-hybridized carbons (Fsp3) is 0.250. The summed E-state index contributed by atoms with van der Waals surface area (Å²) in [5, 5.41) is 0. The summed E-state index contributed by atoms with van der Waals surface area (Å²) in [6, 6.07) is 21.5. The minimum atomic E-state index is -0.234. The number of rotatable bonds is 4. The van der Waals surface area contributed by atoms with Gasteiger partial charge in [-0.3, -0.25) is 0 Å². The van der Waals surface area contributed by atoms with Crippen molar-refractivity contribution in [1.29, 1.82) is 0 Å². The van der Waals surface area contributed by atoms with Crippen molar-refractivity contribution >= 4 is 27.8 Å². The van der Waals surface area contributed by atoms with Crippen molar-refractivity contribution in [2.75, 3.05) is 13.2 Å². The van der Waals surface area contributed by atoms with Gasteiger partial charge >= 0.3 is 20.4 Å². The third kappa shape index (κ3) is 6.79.